The lowest BCUT2D eigenvalue weighted by molar-refractivity contribution is -0.123. The molecule has 0 radical (unpaired) electrons. The van der Waals surface area contributed by atoms with Crippen LogP contribution in [0.3, 0.4) is 0 Å². The van der Waals surface area contributed by atoms with Crippen molar-refractivity contribution in [1.82, 2.24) is 5.32 Å². The lowest BCUT2D eigenvalue weighted by atomic mass is 10.2. The first-order chi connectivity index (χ1) is 9.72. The Bertz CT molecular complexity index is 476. The van der Waals surface area contributed by atoms with Gasteiger partial charge in [-0.1, -0.05) is 11.6 Å². The molecule has 1 amide bonds. The summed E-state index contributed by atoms with van der Waals surface area (Å²) >= 11 is 5.90. The number of halogens is 1. The maximum absolute atomic E-state index is 11.5. The molecule has 108 valence electrons. The number of hydrogen-bond donors (Lipinski definition) is 1. The van der Waals surface area contributed by atoms with Crippen LogP contribution < -0.4 is 10.2 Å². The van der Waals surface area contributed by atoms with E-state index in [-0.39, 0.29) is 18.1 Å². The van der Waals surface area contributed by atoms with E-state index < -0.39 is 0 Å². The van der Waals surface area contributed by atoms with E-state index in [0.717, 1.165) is 23.8 Å². The molecule has 2 saturated heterocycles. The molecule has 20 heavy (non-hydrogen) atoms. The minimum Gasteiger partial charge on any atom is -0.373 e. The minimum atomic E-state index is -0.244. The summed E-state index contributed by atoms with van der Waals surface area (Å²) in [6.45, 7) is 3.31. The number of nitrogens with one attached hydrogen (secondary N) is 1. The molecule has 1 N–H and O–H groups in total. The van der Waals surface area contributed by atoms with E-state index in [1.807, 2.05) is 24.3 Å². The third kappa shape index (κ3) is 3.42. The predicted molar refractivity (Wildman–Crippen MR) is 76.2 cm³/mol. The molecule has 2 aliphatic heterocycles. The van der Waals surface area contributed by atoms with Crippen molar-refractivity contribution in [2.45, 2.75) is 12.2 Å². The van der Waals surface area contributed by atoms with Crippen molar-refractivity contribution < 1.29 is 14.3 Å². The van der Waals surface area contributed by atoms with Crippen molar-refractivity contribution in [3.05, 3.63) is 29.3 Å². The zero-order valence-electron chi connectivity index (χ0n) is 11.0. The van der Waals surface area contributed by atoms with Gasteiger partial charge in [0.1, 0.15) is 0 Å². The van der Waals surface area contributed by atoms with Crippen molar-refractivity contribution >= 4 is 23.2 Å². The fourth-order valence-corrected chi connectivity index (χ4v) is 2.38. The first-order valence-corrected chi connectivity index (χ1v) is 7.11. The van der Waals surface area contributed by atoms with Crippen molar-refractivity contribution in [3.8, 4) is 0 Å². The van der Waals surface area contributed by atoms with Crippen LogP contribution in [0.15, 0.2) is 24.3 Å². The van der Waals surface area contributed by atoms with Crippen LogP contribution in [-0.4, -0.2) is 51.0 Å². The normalized spacial score (nSPS) is 25.4. The molecule has 0 aromatic heterocycles. The van der Waals surface area contributed by atoms with Gasteiger partial charge in [0.2, 0.25) is 0 Å². The van der Waals surface area contributed by atoms with Gasteiger partial charge in [-0.15, -0.1) is 0 Å². The molecule has 2 unspecified atom stereocenters. The predicted octanol–water partition coefficient (Wildman–Crippen LogP) is 1.06. The molecule has 1 aromatic carbocycles. The summed E-state index contributed by atoms with van der Waals surface area (Å²) < 4.78 is 10.6. The average molecular weight is 297 g/mol. The zero-order valence-corrected chi connectivity index (χ0v) is 11.8. The van der Waals surface area contributed by atoms with Gasteiger partial charge in [0.25, 0.3) is 5.91 Å². The lowest BCUT2D eigenvalue weighted by Crippen LogP contribution is -2.48. The topological polar surface area (TPSA) is 54.1 Å². The van der Waals surface area contributed by atoms with Crippen LogP contribution in [0.2, 0.25) is 5.02 Å². The second-order valence-electron chi connectivity index (χ2n) is 4.98. The van der Waals surface area contributed by atoms with Crippen molar-refractivity contribution in [2.24, 2.45) is 0 Å². The Morgan fingerprint density at radius 2 is 2.10 bits per heavy atom. The first-order valence-electron chi connectivity index (χ1n) is 6.74. The van der Waals surface area contributed by atoms with Gasteiger partial charge < -0.3 is 19.7 Å². The molecular weight excluding hydrogens is 280 g/mol. The Morgan fingerprint density at radius 1 is 1.35 bits per heavy atom. The quantitative estimate of drug-likeness (QED) is 0.844. The first kappa shape index (κ1) is 13.7. The smallest absolute Gasteiger partial charge is 0.251 e. The van der Waals surface area contributed by atoms with Gasteiger partial charge in [0.05, 0.1) is 19.3 Å². The van der Waals surface area contributed by atoms with E-state index in [2.05, 4.69) is 10.2 Å². The van der Waals surface area contributed by atoms with E-state index in [0.29, 0.717) is 19.8 Å². The Morgan fingerprint density at radius 3 is 2.80 bits per heavy atom. The van der Waals surface area contributed by atoms with Crippen LogP contribution in [0.1, 0.15) is 0 Å². The SMILES string of the molecule is O=C(NCC1CN(c2ccc(Cl)cc2)CCO1)C1CO1. The van der Waals surface area contributed by atoms with Crippen molar-refractivity contribution in [2.75, 3.05) is 37.7 Å². The summed E-state index contributed by atoms with van der Waals surface area (Å²) in [5, 5.41) is 3.59. The summed E-state index contributed by atoms with van der Waals surface area (Å²) in [7, 11) is 0. The molecule has 2 aliphatic rings. The Balaban J connectivity index is 1.53. The second-order valence-corrected chi connectivity index (χ2v) is 5.42. The number of carbonyl (C=O) groups is 1. The summed E-state index contributed by atoms with van der Waals surface area (Å²) in [5.74, 6) is -0.0442. The highest BCUT2D eigenvalue weighted by molar-refractivity contribution is 6.30. The van der Waals surface area contributed by atoms with Crippen LogP contribution in [0.25, 0.3) is 0 Å². The number of amides is 1. The van der Waals surface area contributed by atoms with Crippen LogP contribution in [0.5, 0.6) is 0 Å². The van der Waals surface area contributed by atoms with Gasteiger partial charge in [0, 0.05) is 30.3 Å². The van der Waals surface area contributed by atoms with Crippen LogP contribution in [0.4, 0.5) is 5.69 Å². The molecule has 2 fully saturated rings. The highest BCUT2D eigenvalue weighted by Crippen LogP contribution is 2.20. The summed E-state index contributed by atoms with van der Waals surface area (Å²) in [4.78, 5) is 13.8. The molecule has 0 aliphatic carbocycles. The summed E-state index contributed by atoms with van der Waals surface area (Å²) in [6, 6.07) is 7.77. The molecule has 0 spiro atoms. The van der Waals surface area contributed by atoms with Crippen molar-refractivity contribution in [3.63, 3.8) is 0 Å². The number of morpholine rings is 1. The number of ether oxygens (including phenoxy) is 2. The van der Waals surface area contributed by atoms with E-state index in [4.69, 9.17) is 21.1 Å². The number of rotatable bonds is 4. The molecule has 3 rings (SSSR count). The summed E-state index contributed by atoms with van der Waals surface area (Å²) in [5.41, 5.74) is 1.12. The van der Waals surface area contributed by atoms with Gasteiger partial charge in [-0.25, -0.2) is 0 Å². The Labute approximate surface area is 122 Å². The molecular formula is C14H17ClN2O3. The standard InChI is InChI=1S/C14H17ClN2O3/c15-10-1-3-11(4-2-10)17-5-6-19-12(8-17)7-16-14(18)13-9-20-13/h1-4,12-13H,5-9H2,(H,16,18). The largest absolute Gasteiger partial charge is 0.373 e. The van der Waals surface area contributed by atoms with Crippen LogP contribution in [-0.2, 0) is 14.3 Å². The van der Waals surface area contributed by atoms with E-state index in [9.17, 15) is 4.79 Å². The maximum Gasteiger partial charge on any atom is 0.251 e. The zero-order chi connectivity index (χ0) is 13.9. The van der Waals surface area contributed by atoms with E-state index in [1.54, 1.807) is 0 Å². The number of carbonyl (C=O) groups excluding carboxylic acids is 1. The van der Waals surface area contributed by atoms with E-state index in [1.165, 1.54) is 0 Å². The average Bonchev–Trinajstić information content (AvgIpc) is 3.30. The lowest BCUT2D eigenvalue weighted by Gasteiger charge is -2.34. The van der Waals surface area contributed by atoms with Crippen molar-refractivity contribution in [1.29, 1.82) is 0 Å². The van der Waals surface area contributed by atoms with Gasteiger partial charge in [-0.2, -0.15) is 0 Å². The number of nitrogens with zero attached hydrogens (tertiary/aromatic N) is 1. The third-order valence-corrected chi connectivity index (χ3v) is 3.71. The molecule has 0 bridgehead atoms. The maximum atomic E-state index is 11.5. The molecule has 2 heterocycles. The number of benzene rings is 1. The van der Waals surface area contributed by atoms with Gasteiger partial charge in [-0.3, -0.25) is 4.79 Å². The Hall–Kier alpha value is -1.30. The molecule has 5 nitrogen and oxygen atoms in total. The highest BCUT2D eigenvalue weighted by atomic mass is 35.5. The van der Waals surface area contributed by atoms with Gasteiger partial charge in [0.15, 0.2) is 6.10 Å². The summed E-state index contributed by atoms with van der Waals surface area (Å²) in [6.07, 6.45) is -0.243. The minimum absolute atomic E-state index is 0.00197. The molecule has 2 atom stereocenters. The number of epoxide rings is 1. The fourth-order valence-electron chi connectivity index (χ4n) is 2.26. The van der Waals surface area contributed by atoms with Gasteiger partial charge in [-0.05, 0) is 24.3 Å². The van der Waals surface area contributed by atoms with Gasteiger partial charge >= 0.3 is 0 Å². The Kier molecular flexibility index (Phi) is 4.10. The monoisotopic (exact) mass is 296 g/mol. The number of hydrogen-bond acceptors (Lipinski definition) is 4. The molecule has 1 aromatic rings. The second kappa shape index (κ2) is 5.99. The van der Waals surface area contributed by atoms with Crippen LogP contribution >= 0.6 is 11.6 Å². The third-order valence-electron chi connectivity index (χ3n) is 3.46. The van der Waals surface area contributed by atoms with Crippen LogP contribution in [0, 0.1) is 0 Å². The fraction of sp³-hybridized carbons (Fsp3) is 0.500. The number of anilines is 1. The molecule has 6 heteroatoms. The van der Waals surface area contributed by atoms with E-state index >= 15 is 0 Å². The molecule has 0 saturated carbocycles. The highest BCUT2D eigenvalue weighted by Gasteiger charge is 2.31.